The lowest BCUT2D eigenvalue weighted by Gasteiger charge is -2.48. The van der Waals surface area contributed by atoms with Crippen LogP contribution in [-0.4, -0.2) is 64.8 Å². The van der Waals surface area contributed by atoms with Gasteiger partial charge >= 0.3 is 0 Å². The molecule has 2 fully saturated rings. The first kappa shape index (κ1) is 34.5. The molecule has 1 aliphatic carbocycles. The van der Waals surface area contributed by atoms with Crippen LogP contribution >= 0.6 is 11.6 Å². The molecule has 12 heteroatoms. The summed E-state index contributed by atoms with van der Waals surface area (Å²) in [6.07, 6.45) is 1.63. The second-order valence-corrected chi connectivity index (χ2v) is 13.4. The Bertz CT molecular complexity index is 1780. The predicted molar refractivity (Wildman–Crippen MR) is 179 cm³/mol. The molecule has 2 bridgehead atoms. The largest absolute Gasteiger partial charge is 0.484 e. The maximum Gasteiger partial charge on any atom is 0.252 e. The summed E-state index contributed by atoms with van der Waals surface area (Å²) in [5.41, 5.74) is 9.18. The van der Waals surface area contributed by atoms with Gasteiger partial charge in [-0.1, -0.05) is 54.1 Å². The highest BCUT2D eigenvalue weighted by Gasteiger charge is 2.46. The lowest BCUT2D eigenvalue weighted by molar-refractivity contribution is -0.139. The van der Waals surface area contributed by atoms with Gasteiger partial charge in [0.25, 0.3) is 5.91 Å². The summed E-state index contributed by atoms with van der Waals surface area (Å²) in [7, 11) is 0. The SMILES string of the molecule is CC(Cc1ccc(C2=C(C(=O)N(Cc3ccccc3Cl)C3CC3)C3CNCC(C2)N3C(=O)CCC(N)=O)cc1)Oc1c(F)ccc(F)c1F. The smallest absolute Gasteiger partial charge is 0.252 e. The van der Waals surface area contributed by atoms with E-state index < -0.39 is 41.3 Å². The molecule has 3 aromatic carbocycles. The van der Waals surface area contributed by atoms with E-state index in [0.717, 1.165) is 41.2 Å². The third-order valence-electron chi connectivity index (χ3n) is 9.34. The molecule has 1 saturated carbocycles. The molecule has 0 radical (unpaired) electrons. The maximum absolute atomic E-state index is 14.8. The van der Waals surface area contributed by atoms with Crippen LogP contribution in [0, 0.1) is 17.5 Å². The van der Waals surface area contributed by atoms with Gasteiger partial charge < -0.3 is 25.6 Å². The zero-order valence-electron chi connectivity index (χ0n) is 27.1. The van der Waals surface area contributed by atoms with E-state index in [0.29, 0.717) is 42.7 Å². The highest BCUT2D eigenvalue weighted by Crippen LogP contribution is 2.40. The van der Waals surface area contributed by atoms with Gasteiger partial charge in [-0.15, -0.1) is 0 Å². The van der Waals surface area contributed by atoms with Crippen molar-refractivity contribution < 1.29 is 32.3 Å². The fourth-order valence-electron chi connectivity index (χ4n) is 6.83. The third kappa shape index (κ3) is 7.63. The average molecular weight is 695 g/mol. The topological polar surface area (TPSA) is 105 Å². The van der Waals surface area contributed by atoms with E-state index in [4.69, 9.17) is 22.1 Å². The van der Waals surface area contributed by atoms with Crippen molar-refractivity contribution in [1.29, 1.82) is 0 Å². The summed E-state index contributed by atoms with van der Waals surface area (Å²) in [5.74, 6) is -5.26. The van der Waals surface area contributed by atoms with Crippen molar-refractivity contribution in [2.75, 3.05) is 13.1 Å². The minimum Gasteiger partial charge on any atom is -0.484 e. The number of piperazine rings is 1. The molecule has 2 heterocycles. The van der Waals surface area contributed by atoms with Crippen LogP contribution < -0.4 is 15.8 Å². The molecule has 8 nitrogen and oxygen atoms in total. The molecule has 3 atom stereocenters. The number of nitrogens with two attached hydrogens (primary N) is 1. The number of halogens is 4. The number of amides is 3. The van der Waals surface area contributed by atoms with Gasteiger partial charge in [-0.2, -0.15) is 4.39 Å². The number of hydrogen-bond acceptors (Lipinski definition) is 5. The Hall–Kier alpha value is -4.35. The van der Waals surface area contributed by atoms with Gasteiger partial charge in [0.2, 0.25) is 17.6 Å². The van der Waals surface area contributed by atoms with Gasteiger partial charge in [-0.25, -0.2) is 8.78 Å². The first-order chi connectivity index (χ1) is 23.5. The van der Waals surface area contributed by atoms with Crippen LogP contribution in [0.1, 0.15) is 55.7 Å². The van der Waals surface area contributed by atoms with Gasteiger partial charge in [0.05, 0.1) is 6.04 Å². The van der Waals surface area contributed by atoms with Crippen molar-refractivity contribution >= 4 is 34.9 Å². The van der Waals surface area contributed by atoms with E-state index in [1.165, 1.54) is 0 Å². The molecule has 258 valence electrons. The van der Waals surface area contributed by atoms with E-state index in [1.54, 1.807) is 17.9 Å². The lowest BCUT2D eigenvalue weighted by Crippen LogP contribution is -2.63. The molecule has 49 heavy (non-hydrogen) atoms. The number of carbonyl (C=O) groups excluding carboxylic acids is 3. The van der Waals surface area contributed by atoms with Crippen LogP contribution in [0.15, 0.2) is 66.2 Å². The fourth-order valence-corrected chi connectivity index (χ4v) is 7.02. The Morgan fingerprint density at radius 2 is 1.71 bits per heavy atom. The zero-order valence-corrected chi connectivity index (χ0v) is 27.8. The van der Waals surface area contributed by atoms with E-state index in [-0.39, 0.29) is 43.2 Å². The summed E-state index contributed by atoms with van der Waals surface area (Å²) in [6.45, 7) is 2.86. The van der Waals surface area contributed by atoms with Gasteiger partial charge in [0, 0.05) is 61.6 Å². The number of hydrogen-bond donors (Lipinski definition) is 2. The molecular formula is C37H38ClF3N4O4. The van der Waals surface area contributed by atoms with Crippen LogP contribution in [0.3, 0.4) is 0 Å². The summed E-state index contributed by atoms with van der Waals surface area (Å²) < 4.78 is 47.5. The summed E-state index contributed by atoms with van der Waals surface area (Å²) in [6, 6.07) is 15.7. The summed E-state index contributed by atoms with van der Waals surface area (Å²) >= 11 is 6.52. The Labute approximate surface area is 288 Å². The second kappa shape index (κ2) is 14.6. The van der Waals surface area contributed by atoms with Gasteiger partial charge in [-0.05, 0) is 66.6 Å². The number of benzene rings is 3. The fraction of sp³-hybridized carbons (Fsp3) is 0.378. The molecule has 3 aliphatic rings. The quantitative estimate of drug-likeness (QED) is 0.242. The number of ether oxygens (including phenoxy) is 1. The average Bonchev–Trinajstić information content (AvgIpc) is 3.92. The molecule has 3 unspecified atom stereocenters. The van der Waals surface area contributed by atoms with E-state index >= 15 is 0 Å². The normalized spacial score (nSPS) is 19.4. The molecule has 1 saturated heterocycles. The maximum atomic E-state index is 14.8. The van der Waals surface area contributed by atoms with Gasteiger partial charge in [0.1, 0.15) is 6.10 Å². The Kier molecular flexibility index (Phi) is 10.3. The Morgan fingerprint density at radius 3 is 2.41 bits per heavy atom. The summed E-state index contributed by atoms with van der Waals surface area (Å²) in [4.78, 5) is 43.5. The number of primary amides is 1. The molecule has 6 rings (SSSR count). The van der Waals surface area contributed by atoms with Crippen molar-refractivity contribution in [3.8, 4) is 5.75 Å². The van der Waals surface area contributed by atoms with Crippen molar-refractivity contribution in [3.63, 3.8) is 0 Å². The van der Waals surface area contributed by atoms with Crippen molar-refractivity contribution in [2.24, 2.45) is 5.73 Å². The predicted octanol–water partition coefficient (Wildman–Crippen LogP) is 5.55. The molecular weight excluding hydrogens is 657 g/mol. The zero-order chi connectivity index (χ0) is 34.8. The molecule has 3 amide bonds. The van der Waals surface area contributed by atoms with Crippen LogP contribution in [0.25, 0.3) is 5.57 Å². The monoisotopic (exact) mass is 694 g/mol. The minimum absolute atomic E-state index is 0.0382. The first-order valence-corrected chi connectivity index (χ1v) is 16.9. The lowest BCUT2D eigenvalue weighted by atomic mass is 9.81. The highest BCUT2D eigenvalue weighted by molar-refractivity contribution is 6.31. The number of rotatable bonds is 12. The third-order valence-corrected chi connectivity index (χ3v) is 9.71. The number of fused-ring (bicyclic) bond motifs is 2. The molecule has 0 spiro atoms. The molecule has 3 aromatic rings. The molecule has 3 N–H and O–H groups in total. The van der Waals surface area contributed by atoms with Crippen LogP contribution in [0.5, 0.6) is 5.75 Å². The minimum atomic E-state index is -1.37. The van der Waals surface area contributed by atoms with E-state index in [1.807, 2.05) is 47.4 Å². The highest BCUT2D eigenvalue weighted by atomic mass is 35.5. The Morgan fingerprint density at radius 1 is 1.00 bits per heavy atom. The number of carbonyl (C=O) groups is 3. The van der Waals surface area contributed by atoms with Gasteiger partial charge in [0.15, 0.2) is 17.4 Å². The van der Waals surface area contributed by atoms with Crippen molar-refractivity contribution in [2.45, 2.75) is 76.2 Å². The van der Waals surface area contributed by atoms with Crippen LogP contribution in [-0.2, 0) is 27.3 Å². The number of nitrogens with one attached hydrogen (secondary N) is 1. The van der Waals surface area contributed by atoms with Gasteiger partial charge in [-0.3, -0.25) is 14.4 Å². The summed E-state index contributed by atoms with van der Waals surface area (Å²) in [5, 5.41) is 3.96. The molecule has 2 aliphatic heterocycles. The standard InChI is InChI=1S/C37H38ClF3N4O4/c1-21(49-36-30(40)13-12-29(39)35(36)41)16-22-6-8-23(9-7-22)27-17-26-18-43-19-31(45(26)33(47)15-14-32(42)46)34(27)37(48)44(25-10-11-25)20-24-4-2-3-5-28(24)38/h2-9,12-13,21,25-26,31,43H,10-11,14-20H2,1H3,(H2,42,46). The van der Waals surface area contributed by atoms with Crippen molar-refractivity contribution in [1.82, 2.24) is 15.1 Å². The van der Waals surface area contributed by atoms with Crippen molar-refractivity contribution in [3.05, 3.63) is 105 Å². The van der Waals surface area contributed by atoms with E-state index in [9.17, 15) is 27.6 Å². The van der Waals surface area contributed by atoms with E-state index in [2.05, 4.69) is 5.32 Å². The Balaban J connectivity index is 1.32. The van der Waals surface area contributed by atoms with Crippen LogP contribution in [0.2, 0.25) is 5.02 Å². The second-order valence-electron chi connectivity index (χ2n) is 12.9. The first-order valence-electron chi connectivity index (χ1n) is 16.5. The molecule has 0 aromatic heterocycles. The van der Waals surface area contributed by atoms with Crippen LogP contribution in [0.4, 0.5) is 13.2 Å². The number of nitrogens with zero attached hydrogens (tertiary/aromatic N) is 2.